The second-order valence-corrected chi connectivity index (χ2v) is 5.79. The first kappa shape index (κ1) is 13.2. The second-order valence-electron chi connectivity index (χ2n) is 5.79. The highest BCUT2D eigenvalue weighted by Gasteiger charge is 2.35. The molecule has 1 aromatic rings. The standard InChI is InChI=1S/C16H20N2O2/c17-16(20)12-8-9-15(19)18(10-12)14-7-3-5-11-4-1-2-6-13(11)14/h1-2,4,6,12,14H,3,5,7-10H2,(H2,17,20)/t12-,14+/m0/s1. The molecule has 106 valence electrons. The Morgan fingerprint density at radius 2 is 2.00 bits per heavy atom. The highest BCUT2D eigenvalue weighted by Crippen LogP contribution is 2.36. The first-order chi connectivity index (χ1) is 9.66. The third kappa shape index (κ3) is 2.30. The van der Waals surface area contributed by atoms with E-state index in [4.69, 9.17) is 5.73 Å². The molecule has 0 saturated carbocycles. The van der Waals surface area contributed by atoms with Crippen LogP contribution in [-0.2, 0) is 16.0 Å². The molecule has 0 unspecified atom stereocenters. The molecular weight excluding hydrogens is 252 g/mol. The van der Waals surface area contributed by atoms with E-state index in [2.05, 4.69) is 12.1 Å². The van der Waals surface area contributed by atoms with Gasteiger partial charge in [0.05, 0.1) is 12.0 Å². The summed E-state index contributed by atoms with van der Waals surface area (Å²) in [6.45, 7) is 0.479. The number of primary amides is 1. The molecule has 3 rings (SSSR count). The smallest absolute Gasteiger partial charge is 0.223 e. The van der Waals surface area contributed by atoms with Crippen molar-refractivity contribution >= 4 is 11.8 Å². The van der Waals surface area contributed by atoms with Crippen LogP contribution in [0.15, 0.2) is 24.3 Å². The van der Waals surface area contributed by atoms with E-state index < -0.39 is 0 Å². The number of nitrogens with zero attached hydrogens (tertiary/aromatic N) is 1. The second kappa shape index (κ2) is 5.27. The number of rotatable bonds is 2. The minimum Gasteiger partial charge on any atom is -0.369 e. The molecule has 2 aliphatic rings. The average molecular weight is 272 g/mol. The maximum atomic E-state index is 12.2. The molecule has 2 amide bonds. The zero-order valence-corrected chi connectivity index (χ0v) is 11.5. The van der Waals surface area contributed by atoms with Gasteiger partial charge in [0.2, 0.25) is 11.8 Å². The fourth-order valence-corrected chi connectivity index (χ4v) is 3.46. The van der Waals surface area contributed by atoms with E-state index in [1.807, 2.05) is 17.0 Å². The van der Waals surface area contributed by atoms with E-state index in [9.17, 15) is 9.59 Å². The number of nitrogens with two attached hydrogens (primary N) is 1. The molecule has 0 spiro atoms. The van der Waals surface area contributed by atoms with E-state index in [1.165, 1.54) is 11.1 Å². The van der Waals surface area contributed by atoms with Gasteiger partial charge in [-0.25, -0.2) is 0 Å². The maximum Gasteiger partial charge on any atom is 0.223 e. The third-order valence-corrected chi connectivity index (χ3v) is 4.56. The number of likely N-dealkylation sites (tertiary alicyclic amines) is 1. The van der Waals surface area contributed by atoms with Crippen LogP contribution in [0.5, 0.6) is 0 Å². The summed E-state index contributed by atoms with van der Waals surface area (Å²) in [5, 5.41) is 0. The van der Waals surface area contributed by atoms with Gasteiger partial charge in [-0.15, -0.1) is 0 Å². The zero-order valence-electron chi connectivity index (χ0n) is 11.5. The lowest BCUT2D eigenvalue weighted by molar-refractivity contribution is -0.140. The Bertz CT molecular complexity index is 541. The Morgan fingerprint density at radius 3 is 2.80 bits per heavy atom. The summed E-state index contributed by atoms with van der Waals surface area (Å²) in [6, 6.07) is 8.44. The van der Waals surface area contributed by atoms with Crippen molar-refractivity contribution in [3.63, 3.8) is 0 Å². The molecule has 2 atom stereocenters. The van der Waals surface area contributed by atoms with E-state index in [1.54, 1.807) is 0 Å². The fraction of sp³-hybridized carbons (Fsp3) is 0.500. The molecule has 1 heterocycles. The average Bonchev–Trinajstić information content (AvgIpc) is 2.47. The van der Waals surface area contributed by atoms with Gasteiger partial charge in [0.1, 0.15) is 0 Å². The van der Waals surface area contributed by atoms with Crippen LogP contribution in [0.2, 0.25) is 0 Å². The van der Waals surface area contributed by atoms with Crippen LogP contribution in [0, 0.1) is 5.92 Å². The number of hydrogen-bond acceptors (Lipinski definition) is 2. The minimum atomic E-state index is -0.286. The van der Waals surface area contributed by atoms with Gasteiger partial charge in [-0.1, -0.05) is 24.3 Å². The normalized spacial score (nSPS) is 26.2. The number of fused-ring (bicyclic) bond motifs is 1. The number of carbonyl (C=O) groups is 2. The molecule has 1 aliphatic heterocycles. The number of benzene rings is 1. The van der Waals surface area contributed by atoms with E-state index in [0.717, 1.165) is 19.3 Å². The Hall–Kier alpha value is -1.84. The van der Waals surface area contributed by atoms with Crippen molar-refractivity contribution in [2.24, 2.45) is 11.7 Å². The van der Waals surface area contributed by atoms with Crippen LogP contribution in [-0.4, -0.2) is 23.3 Å². The SMILES string of the molecule is NC(=O)[C@H]1CCC(=O)N([C@@H]2CCCc3ccccc32)C1. The summed E-state index contributed by atoms with van der Waals surface area (Å²) in [4.78, 5) is 25.6. The Labute approximate surface area is 118 Å². The fourth-order valence-electron chi connectivity index (χ4n) is 3.46. The number of carbonyl (C=O) groups excluding carboxylic acids is 2. The van der Waals surface area contributed by atoms with E-state index in [-0.39, 0.29) is 23.8 Å². The molecule has 1 aliphatic carbocycles. The molecule has 1 aromatic carbocycles. The summed E-state index contributed by atoms with van der Waals surface area (Å²) in [6.07, 6.45) is 4.18. The summed E-state index contributed by atoms with van der Waals surface area (Å²) in [5.41, 5.74) is 8.00. The molecule has 2 N–H and O–H groups in total. The molecule has 1 saturated heterocycles. The van der Waals surface area contributed by atoms with Crippen molar-refractivity contribution in [2.75, 3.05) is 6.54 Å². The van der Waals surface area contributed by atoms with Gasteiger partial charge in [0.25, 0.3) is 0 Å². The zero-order chi connectivity index (χ0) is 14.1. The number of piperidine rings is 1. The molecule has 20 heavy (non-hydrogen) atoms. The third-order valence-electron chi connectivity index (χ3n) is 4.56. The molecule has 0 aromatic heterocycles. The van der Waals surface area contributed by atoms with Crippen LogP contribution in [0.4, 0.5) is 0 Å². The largest absolute Gasteiger partial charge is 0.369 e. The lowest BCUT2D eigenvalue weighted by Crippen LogP contribution is -2.46. The van der Waals surface area contributed by atoms with Gasteiger partial charge >= 0.3 is 0 Å². The Balaban J connectivity index is 1.88. The number of hydrogen-bond donors (Lipinski definition) is 1. The van der Waals surface area contributed by atoms with Crippen LogP contribution in [0.3, 0.4) is 0 Å². The van der Waals surface area contributed by atoms with E-state index >= 15 is 0 Å². The lowest BCUT2D eigenvalue weighted by Gasteiger charge is -2.40. The van der Waals surface area contributed by atoms with Crippen molar-refractivity contribution in [2.45, 2.75) is 38.1 Å². The highest BCUT2D eigenvalue weighted by atomic mass is 16.2. The number of aryl methyl sites for hydroxylation is 1. The molecule has 4 heteroatoms. The summed E-state index contributed by atoms with van der Waals surface area (Å²) >= 11 is 0. The molecule has 1 fully saturated rings. The van der Waals surface area contributed by atoms with Crippen LogP contribution in [0.25, 0.3) is 0 Å². The van der Waals surface area contributed by atoms with Crippen molar-refractivity contribution in [1.29, 1.82) is 0 Å². The van der Waals surface area contributed by atoms with Gasteiger partial charge < -0.3 is 10.6 Å². The van der Waals surface area contributed by atoms with Crippen LogP contribution >= 0.6 is 0 Å². The molecule has 0 bridgehead atoms. The number of amides is 2. The summed E-state index contributed by atoms with van der Waals surface area (Å²) in [5.74, 6) is -0.322. The van der Waals surface area contributed by atoms with E-state index in [0.29, 0.717) is 19.4 Å². The molecular formula is C16H20N2O2. The van der Waals surface area contributed by atoms with Gasteiger partial charge in [0.15, 0.2) is 0 Å². The Kier molecular flexibility index (Phi) is 3.47. The van der Waals surface area contributed by atoms with Crippen molar-refractivity contribution in [3.8, 4) is 0 Å². The topological polar surface area (TPSA) is 63.4 Å². The predicted molar refractivity (Wildman–Crippen MR) is 75.8 cm³/mol. The predicted octanol–water partition coefficient (Wildman–Crippen LogP) is 1.79. The summed E-state index contributed by atoms with van der Waals surface area (Å²) in [7, 11) is 0. The van der Waals surface area contributed by atoms with Crippen molar-refractivity contribution in [1.82, 2.24) is 4.90 Å². The first-order valence-corrected chi connectivity index (χ1v) is 7.33. The van der Waals surface area contributed by atoms with Gasteiger partial charge in [0, 0.05) is 13.0 Å². The quantitative estimate of drug-likeness (QED) is 0.892. The maximum absolute atomic E-state index is 12.2. The summed E-state index contributed by atoms with van der Waals surface area (Å²) < 4.78 is 0. The van der Waals surface area contributed by atoms with Gasteiger partial charge in [-0.2, -0.15) is 0 Å². The monoisotopic (exact) mass is 272 g/mol. The first-order valence-electron chi connectivity index (χ1n) is 7.33. The Morgan fingerprint density at radius 1 is 1.20 bits per heavy atom. The van der Waals surface area contributed by atoms with Gasteiger partial charge in [-0.05, 0) is 36.8 Å². The van der Waals surface area contributed by atoms with Crippen LogP contribution < -0.4 is 5.73 Å². The van der Waals surface area contributed by atoms with Crippen molar-refractivity contribution in [3.05, 3.63) is 35.4 Å². The minimum absolute atomic E-state index is 0.120. The molecule has 4 nitrogen and oxygen atoms in total. The lowest BCUT2D eigenvalue weighted by atomic mass is 9.85. The van der Waals surface area contributed by atoms with Crippen molar-refractivity contribution < 1.29 is 9.59 Å². The van der Waals surface area contributed by atoms with Gasteiger partial charge in [-0.3, -0.25) is 9.59 Å². The molecule has 0 radical (unpaired) electrons. The van der Waals surface area contributed by atoms with Crippen LogP contribution in [0.1, 0.15) is 42.9 Å². The highest BCUT2D eigenvalue weighted by molar-refractivity contribution is 5.83.